The van der Waals surface area contributed by atoms with E-state index in [0.717, 1.165) is 11.1 Å². The second-order valence-corrected chi connectivity index (χ2v) is 10.7. The molecule has 1 aliphatic heterocycles. The second-order valence-electron chi connectivity index (χ2n) is 10.7. The summed E-state index contributed by atoms with van der Waals surface area (Å²) in [5, 5.41) is 5.47. The monoisotopic (exact) mass is 542 g/mol. The highest BCUT2D eigenvalue weighted by Crippen LogP contribution is 2.35. The molecule has 3 aromatic carbocycles. The Bertz CT molecular complexity index is 1400. The number of anilines is 3. The number of hydrogen-bond donors (Lipinski definition) is 2. The number of rotatable bonds is 6. The zero-order valence-electron chi connectivity index (χ0n) is 23.1. The lowest BCUT2D eigenvalue weighted by Gasteiger charge is -2.30. The molecule has 208 valence electrons. The molecule has 40 heavy (non-hydrogen) atoms. The number of esters is 1. The normalized spacial score (nSPS) is 15.1. The predicted octanol–water partition coefficient (Wildman–Crippen LogP) is 4.65. The minimum absolute atomic E-state index is 0.0541. The lowest BCUT2D eigenvalue weighted by atomic mass is 9.94. The molecular weight excluding hydrogens is 508 g/mol. The summed E-state index contributed by atoms with van der Waals surface area (Å²) in [6.07, 6.45) is 0. The number of nitrogens with one attached hydrogen (secondary N) is 2. The van der Waals surface area contributed by atoms with Crippen LogP contribution < -0.4 is 20.4 Å². The van der Waals surface area contributed by atoms with Gasteiger partial charge in [-0.3, -0.25) is 19.3 Å². The van der Waals surface area contributed by atoms with Crippen molar-refractivity contribution in [3.63, 3.8) is 0 Å². The van der Waals surface area contributed by atoms with Crippen LogP contribution in [0.15, 0.2) is 78.9 Å². The van der Waals surface area contributed by atoms with Crippen LogP contribution in [0.3, 0.4) is 0 Å². The summed E-state index contributed by atoms with van der Waals surface area (Å²) in [6, 6.07) is 21.6. The summed E-state index contributed by atoms with van der Waals surface area (Å²) >= 11 is 0. The highest BCUT2D eigenvalue weighted by Gasteiger charge is 2.40. The summed E-state index contributed by atoms with van der Waals surface area (Å²) in [5.41, 5.74) is 2.41. The van der Waals surface area contributed by atoms with Crippen LogP contribution in [0.25, 0.3) is 0 Å². The van der Waals surface area contributed by atoms with Gasteiger partial charge in [0.1, 0.15) is 19.2 Å². The Morgan fingerprint density at radius 1 is 0.925 bits per heavy atom. The Hall–Kier alpha value is -4.66. The van der Waals surface area contributed by atoms with Crippen LogP contribution in [0.5, 0.6) is 0 Å². The van der Waals surface area contributed by atoms with Crippen molar-refractivity contribution in [2.45, 2.75) is 40.3 Å². The molecule has 0 fully saturated rings. The van der Waals surface area contributed by atoms with E-state index in [0.29, 0.717) is 17.1 Å². The molecule has 1 atom stereocenters. The van der Waals surface area contributed by atoms with Gasteiger partial charge in [-0.05, 0) is 42.3 Å². The number of nitrogens with zero attached hydrogens (tertiary/aromatic N) is 2. The largest absolute Gasteiger partial charge is 0.459 e. The first-order chi connectivity index (χ1) is 19.0. The van der Waals surface area contributed by atoms with Gasteiger partial charge in [0.05, 0.1) is 17.9 Å². The predicted molar refractivity (Wildman–Crippen MR) is 154 cm³/mol. The molecular formula is C31H34N4O5. The van der Waals surface area contributed by atoms with Crippen LogP contribution in [0, 0.1) is 12.3 Å². The number of para-hydroxylation sites is 2. The third kappa shape index (κ3) is 6.85. The lowest BCUT2D eigenvalue weighted by molar-refractivity contribution is -0.144. The molecule has 4 rings (SSSR count). The van der Waals surface area contributed by atoms with E-state index in [1.54, 1.807) is 57.2 Å². The third-order valence-corrected chi connectivity index (χ3v) is 6.39. The average molecular weight is 543 g/mol. The lowest BCUT2D eigenvalue weighted by Crippen LogP contribution is -2.55. The Morgan fingerprint density at radius 2 is 1.60 bits per heavy atom. The van der Waals surface area contributed by atoms with Crippen molar-refractivity contribution in [2.24, 2.45) is 5.41 Å². The fraction of sp³-hybridized carbons (Fsp3) is 0.290. The maximum absolute atomic E-state index is 13.9. The van der Waals surface area contributed by atoms with E-state index in [1.807, 2.05) is 49.4 Å². The van der Waals surface area contributed by atoms with E-state index in [4.69, 9.17) is 4.74 Å². The molecule has 0 saturated heterocycles. The Morgan fingerprint density at radius 3 is 2.27 bits per heavy atom. The number of fused-ring (bicyclic) bond motifs is 1. The first-order valence-electron chi connectivity index (χ1n) is 13.1. The number of carbonyl (C=O) groups excluding carboxylic acids is 4. The Labute approximate surface area is 234 Å². The van der Waals surface area contributed by atoms with Crippen LogP contribution in [0.1, 0.15) is 31.9 Å². The maximum atomic E-state index is 13.9. The summed E-state index contributed by atoms with van der Waals surface area (Å²) in [7, 11) is 0. The molecule has 4 amide bonds. The van der Waals surface area contributed by atoms with Gasteiger partial charge in [0.2, 0.25) is 5.91 Å². The van der Waals surface area contributed by atoms with Crippen LogP contribution in [-0.4, -0.2) is 42.9 Å². The molecule has 9 nitrogen and oxygen atoms in total. The summed E-state index contributed by atoms with van der Waals surface area (Å²) in [4.78, 5) is 56.2. The molecule has 0 spiro atoms. The molecule has 1 aliphatic rings. The van der Waals surface area contributed by atoms with Gasteiger partial charge in [0.15, 0.2) is 0 Å². The molecule has 9 heteroatoms. The average Bonchev–Trinajstić information content (AvgIpc) is 3.02. The van der Waals surface area contributed by atoms with Gasteiger partial charge in [-0.1, -0.05) is 75.4 Å². The van der Waals surface area contributed by atoms with Crippen molar-refractivity contribution in [2.75, 3.05) is 28.2 Å². The first-order valence-corrected chi connectivity index (χ1v) is 13.1. The van der Waals surface area contributed by atoms with Gasteiger partial charge in [0, 0.05) is 11.1 Å². The molecule has 1 unspecified atom stereocenters. The van der Waals surface area contributed by atoms with Crippen LogP contribution >= 0.6 is 0 Å². The zero-order chi connectivity index (χ0) is 28.9. The SMILES string of the molecule is Cc1cccc(NC(=O)NC2CN(C(=O)C(C)(C)C)c3ccccc3N(CC(=O)OCc3ccccc3)C2=O)c1. The number of hydrogen-bond acceptors (Lipinski definition) is 5. The molecule has 3 aromatic rings. The number of benzene rings is 3. The van der Waals surface area contributed by atoms with Crippen molar-refractivity contribution in [1.29, 1.82) is 0 Å². The van der Waals surface area contributed by atoms with Crippen molar-refractivity contribution >= 4 is 40.9 Å². The molecule has 0 bridgehead atoms. The van der Waals surface area contributed by atoms with E-state index in [1.165, 1.54) is 9.80 Å². The number of urea groups is 1. The molecule has 0 aromatic heterocycles. The van der Waals surface area contributed by atoms with Crippen LogP contribution in [-0.2, 0) is 25.7 Å². The Balaban J connectivity index is 1.63. The zero-order valence-corrected chi connectivity index (χ0v) is 23.1. The van der Waals surface area contributed by atoms with Crippen LogP contribution in [0.4, 0.5) is 21.9 Å². The van der Waals surface area contributed by atoms with Gasteiger partial charge in [-0.2, -0.15) is 0 Å². The molecule has 2 N–H and O–H groups in total. The van der Waals surface area contributed by atoms with E-state index in [9.17, 15) is 19.2 Å². The van der Waals surface area contributed by atoms with Crippen LogP contribution in [0.2, 0.25) is 0 Å². The minimum atomic E-state index is -1.13. The summed E-state index contributed by atoms with van der Waals surface area (Å²) < 4.78 is 5.46. The van der Waals surface area contributed by atoms with Gasteiger partial charge in [-0.15, -0.1) is 0 Å². The van der Waals surface area contributed by atoms with Crippen molar-refractivity contribution in [3.05, 3.63) is 90.0 Å². The van der Waals surface area contributed by atoms with E-state index >= 15 is 0 Å². The van der Waals surface area contributed by atoms with Crippen molar-refractivity contribution in [1.82, 2.24) is 5.32 Å². The topological polar surface area (TPSA) is 108 Å². The second kappa shape index (κ2) is 12.0. The number of amides is 4. The van der Waals surface area contributed by atoms with E-state index < -0.39 is 35.9 Å². The Kier molecular flexibility index (Phi) is 8.52. The van der Waals surface area contributed by atoms with Gasteiger partial charge < -0.3 is 20.3 Å². The number of carbonyl (C=O) groups is 4. The quantitative estimate of drug-likeness (QED) is 0.441. The van der Waals surface area contributed by atoms with Gasteiger partial charge in [0.25, 0.3) is 5.91 Å². The van der Waals surface area contributed by atoms with Crippen molar-refractivity contribution < 1.29 is 23.9 Å². The summed E-state index contributed by atoms with van der Waals surface area (Å²) in [5.74, 6) is -1.38. The minimum Gasteiger partial charge on any atom is -0.459 e. The molecule has 1 heterocycles. The summed E-state index contributed by atoms with van der Waals surface area (Å²) in [6.45, 7) is 6.82. The highest BCUT2D eigenvalue weighted by molar-refractivity contribution is 6.10. The molecule has 0 aliphatic carbocycles. The molecule has 0 saturated carbocycles. The fourth-order valence-electron chi connectivity index (χ4n) is 4.42. The third-order valence-electron chi connectivity index (χ3n) is 6.39. The van der Waals surface area contributed by atoms with Crippen molar-refractivity contribution in [3.8, 4) is 0 Å². The van der Waals surface area contributed by atoms with Gasteiger partial charge in [-0.25, -0.2) is 4.79 Å². The number of ether oxygens (including phenoxy) is 1. The van der Waals surface area contributed by atoms with E-state index in [2.05, 4.69) is 10.6 Å². The maximum Gasteiger partial charge on any atom is 0.326 e. The first kappa shape index (κ1) is 28.4. The van der Waals surface area contributed by atoms with E-state index in [-0.39, 0.29) is 19.1 Å². The highest BCUT2D eigenvalue weighted by atomic mass is 16.5. The smallest absolute Gasteiger partial charge is 0.326 e. The fourth-order valence-corrected chi connectivity index (χ4v) is 4.42. The molecule has 0 radical (unpaired) electrons. The van der Waals surface area contributed by atoms with Gasteiger partial charge >= 0.3 is 12.0 Å². The standard InChI is InChI=1S/C31H34N4O5/c1-21-11-10-14-23(17-21)32-30(39)33-24-18-35(29(38)31(2,3)4)26-16-9-8-15-25(26)34(28(24)37)19-27(36)40-20-22-12-6-5-7-13-22/h5-17,24H,18-20H2,1-4H3,(H2,32,33,39). The number of aryl methyl sites for hydroxylation is 1.